The molecule has 1 rings (SSSR count). The van der Waals surface area contributed by atoms with Gasteiger partial charge in [0.1, 0.15) is 10.6 Å². The van der Waals surface area contributed by atoms with E-state index in [9.17, 15) is 18.5 Å². The number of sulfonamides is 1. The zero-order chi connectivity index (χ0) is 12.3. The van der Waals surface area contributed by atoms with Crippen LogP contribution in [0.2, 0.25) is 0 Å². The van der Waals surface area contributed by atoms with Gasteiger partial charge in [0.15, 0.2) is 0 Å². The fraction of sp³-hybridized carbons (Fsp3) is 0.250. The Morgan fingerprint density at radius 3 is 2.56 bits per heavy atom. The molecule has 0 unspecified atom stereocenters. The fourth-order valence-electron chi connectivity index (χ4n) is 1.11. The van der Waals surface area contributed by atoms with Gasteiger partial charge < -0.3 is 4.74 Å². The Hall–Kier alpha value is -1.67. The van der Waals surface area contributed by atoms with E-state index in [1.165, 1.54) is 6.07 Å². The molecule has 0 atom stereocenters. The lowest BCUT2D eigenvalue weighted by atomic mass is 10.3. The van der Waals surface area contributed by atoms with Gasteiger partial charge in [-0.3, -0.25) is 10.1 Å². The van der Waals surface area contributed by atoms with Crippen molar-refractivity contribution in [3.05, 3.63) is 28.3 Å². The summed E-state index contributed by atoms with van der Waals surface area (Å²) in [6.07, 6.45) is 0. The van der Waals surface area contributed by atoms with Crippen LogP contribution in [-0.4, -0.2) is 19.9 Å². The zero-order valence-corrected chi connectivity index (χ0v) is 9.23. The molecule has 1 aromatic rings. The third kappa shape index (κ3) is 2.67. The van der Waals surface area contributed by atoms with E-state index in [4.69, 9.17) is 9.88 Å². The quantitative estimate of drug-likeness (QED) is 0.618. The summed E-state index contributed by atoms with van der Waals surface area (Å²) in [7, 11) is -4.04. The van der Waals surface area contributed by atoms with Crippen molar-refractivity contribution in [2.45, 2.75) is 11.8 Å². The standard InChI is InChI=1S/C8H10N2O5S/c1-2-15-7-4-3-6(10(11)12)5-8(7)16(9,13)14/h3-5H,2H2,1H3,(H2,9,13,14). The van der Waals surface area contributed by atoms with E-state index in [1.54, 1.807) is 6.92 Å². The Kier molecular flexibility index (Phi) is 3.45. The van der Waals surface area contributed by atoms with Crippen LogP contribution in [0.4, 0.5) is 5.69 Å². The molecule has 0 saturated heterocycles. The Balaban J connectivity index is 3.39. The number of benzene rings is 1. The number of hydrogen-bond donors (Lipinski definition) is 1. The van der Waals surface area contributed by atoms with E-state index in [2.05, 4.69) is 0 Å². The number of nitro benzene ring substituents is 1. The Morgan fingerprint density at radius 1 is 1.50 bits per heavy atom. The van der Waals surface area contributed by atoms with Crippen LogP contribution in [0.1, 0.15) is 6.92 Å². The van der Waals surface area contributed by atoms with Crippen molar-refractivity contribution in [1.29, 1.82) is 0 Å². The highest BCUT2D eigenvalue weighted by Crippen LogP contribution is 2.27. The summed E-state index contributed by atoms with van der Waals surface area (Å²) >= 11 is 0. The predicted molar refractivity (Wildman–Crippen MR) is 55.6 cm³/mol. The first-order valence-corrected chi connectivity index (χ1v) is 5.85. The van der Waals surface area contributed by atoms with Crippen LogP contribution in [0, 0.1) is 10.1 Å². The molecular weight excluding hydrogens is 236 g/mol. The maximum absolute atomic E-state index is 11.2. The van der Waals surface area contributed by atoms with Gasteiger partial charge in [0.05, 0.1) is 11.5 Å². The normalized spacial score (nSPS) is 11.1. The molecule has 0 aromatic heterocycles. The first-order valence-electron chi connectivity index (χ1n) is 4.30. The summed E-state index contributed by atoms with van der Waals surface area (Å²) in [5.41, 5.74) is -0.354. The maximum atomic E-state index is 11.2. The minimum absolute atomic E-state index is 0.00981. The van der Waals surface area contributed by atoms with Gasteiger partial charge in [0.2, 0.25) is 10.0 Å². The first-order chi connectivity index (χ1) is 7.36. The molecule has 0 amide bonds. The molecule has 0 aliphatic rings. The second-order valence-corrected chi connectivity index (χ2v) is 4.40. The molecule has 0 aliphatic carbocycles. The monoisotopic (exact) mass is 246 g/mol. The third-order valence-electron chi connectivity index (χ3n) is 1.74. The van der Waals surface area contributed by atoms with E-state index < -0.39 is 14.9 Å². The molecule has 0 radical (unpaired) electrons. The molecule has 0 aliphatic heterocycles. The number of ether oxygens (including phenoxy) is 1. The van der Waals surface area contributed by atoms with Crippen LogP contribution in [0.5, 0.6) is 5.75 Å². The molecule has 0 spiro atoms. The van der Waals surface area contributed by atoms with Crippen molar-refractivity contribution < 1.29 is 18.1 Å². The molecule has 88 valence electrons. The van der Waals surface area contributed by atoms with Gasteiger partial charge in [0, 0.05) is 12.1 Å². The second kappa shape index (κ2) is 4.45. The molecule has 8 heteroatoms. The number of nitrogens with zero attached hydrogens (tertiary/aromatic N) is 1. The van der Waals surface area contributed by atoms with Crippen molar-refractivity contribution in [3.8, 4) is 5.75 Å². The molecule has 2 N–H and O–H groups in total. The number of rotatable bonds is 4. The largest absolute Gasteiger partial charge is 0.492 e. The fourth-order valence-corrected chi connectivity index (χ4v) is 1.80. The predicted octanol–water partition coefficient (Wildman–Crippen LogP) is 0.641. The summed E-state index contributed by atoms with van der Waals surface area (Å²) in [6.45, 7) is 1.90. The van der Waals surface area contributed by atoms with E-state index >= 15 is 0 Å². The zero-order valence-electron chi connectivity index (χ0n) is 8.41. The molecule has 0 fully saturated rings. The van der Waals surface area contributed by atoms with Crippen molar-refractivity contribution in [3.63, 3.8) is 0 Å². The Labute approximate surface area is 92.0 Å². The average molecular weight is 246 g/mol. The van der Waals surface area contributed by atoms with Gasteiger partial charge in [-0.15, -0.1) is 0 Å². The van der Waals surface area contributed by atoms with Crippen LogP contribution in [0.25, 0.3) is 0 Å². The van der Waals surface area contributed by atoms with Crippen LogP contribution in [-0.2, 0) is 10.0 Å². The molecule has 16 heavy (non-hydrogen) atoms. The van der Waals surface area contributed by atoms with E-state index in [0.29, 0.717) is 0 Å². The van der Waals surface area contributed by atoms with Crippen molar-refractivity contribution in [2.75, 3.05) is 6.61 Å². The van der Waals surface area contributed by atoms with Crippen LogP contribution >= 0.6 is 0 Å². The summed E-state index contributed by atoms with van der Waals surface area (Å²) in [4.78, 5) is 9.39. The van der Waals surface area contributed by atoms with E-state index in [0.717, 1.165) is 12.1 Å². The topological polar surface area (TPSA) is 113 Å². The minimum atomic E-state index is -4.04. The van der Waals surface area contributed by atoms with E-state index in [1.807, 2.05) is 0 Å². The number of non-ortho nitro benzene ring substituents is 1. The van der Waals surface area contributed by atoms with Crippen molar-refractivity contribution in [2.24, 2.45) is 5.14 Å². The molecule has 1 aromatic carbocycles. The molecule has 0 heterocycles. The van der Waals surface area contributed by atoms with Gasteiger partial charge in [-0.2, -0.15) is 0 Å². The summed E-state index contributed by atoms with van der Waals surface area (Å²) in [5, 5.41) is 15.4. The van der Waals surface area contributed by atoms with Crippen LogP contribution in [0.15, 0.2) is 23.1 Å². The highest BCUT2D eigenvalue weighted by molar-refractivity contribution is 7.89. The second-order valence-electron chi connectivity index (χ2n) is 2.87. The van der Waals surface area contributed by atoms with Crippen molar-refractivity contribution in [1.82, 2.24) is 0 Å². The number of primary sulfonamides is 1. The lowest BCUT2D eigenvalue weighted by molar-refractivity contribution is -0.385. The summed E-state index contributed by atoms with van der Waals surface area (Å²) < 4.78 is 27.4. The van der Waals surface area contributed by atoms with E-state index in [-0.39, 0.29) is 22.9 Å². The molecule has 0 bridgehead atoms. The average Bonchev–Trinajstić information content (AvgIpc) is 2.16. The van der Waals surface area contributed by atoms with Gasteiger partial charge in [-0.05, 0) is 13.0 Å². The maximum Gasteiger partial charge on any atom is 0.271 e. The van der Waals surface area contributed by atoms with Gasteiger partial charge in [-0.25, -0.2) is 13.6 Å². The van der Waals surface area contributed by atoms with Crippen LogP contribution in [0.3, 0.4) is 0 Å². The molecular formula is C8H10N2O5S. The third-order valence-corrected chi connectivity index (χ3v) is 2.68. The van der Waals surface area contributed by atoms with Gasteiger partial charge in [0.25, 0.3) is 5.69 Å². The highest BCUT2D eigenvalue weighted by Gasteiger charge is 2.19. The lowest BCUT2D eigenvalue weighted by Gasteiger charge is -2.07. The molecule has 7 nitrogen and oxygen atoms in total. The van der Waals surface area contributed by atoms with Crippen LogP contribution < -0.4 is 9.88 Å². The first kappa shape index (κ1) is 12.4. The van der Waals surface area contributed by atoms with Gasteiger partial charge in [-0.1, -0.05) is 0 Å². The van der Waals surface area contributed by atoms with Gasteiger partial charge >= 0.3 is 0 Å². The Morgan fingerprint density at radius 2 is 2.12 bits per heavy atom. The highest BCUT2D eigenvalue weighted by atomic mass is 32.2. The Bertz CT molecular complexity index is 511. The summed E-state index contributed by atoms with van der Waals surface area (Å²) in [5.74, 6) is 0.00981. The SMILES string of the molecule is CCOc1ccc([N+](=O)[O-])cc1S(N)(=O)=O. The number of nitrogens with two attached hydrogens (primary N) is 1. The smallest absolute Gasteiger partial charge is 0.271 e. The number of hydrogen-bond acceptors (Lipinski definition) is 5. The number of nitro groups is 1. The molecule has 0 saturated carbocycles. The van der Waals surface area contributed by atoms with Crippen molar-refractivity contribution >= 4 is 15.7 Å². The lowest BCUT2D eigenvalue weighted by Crippen LogP contribution is -2.14. The minimum Gasteiger partial charge on any atom is -0.492 e. The summed E-state index contributed by atoms with van der Waals surface area (Å²) in [6, 6.07) is 3.24.